The molecule has 0 aliphatic heterocycles. The molecule has 0 bridgehead atoms. The summed E-state index contributed by atoms with van der Waals surface area (Å²) in [6, 6.07) is 5.25. The van der Waals surface area contributed by atoms with Crippen LogP contribution >= 0.6 is 23.2 Å². The zero-order chi connectivity index (χ0) is 13.8. The molecule has 4 nitrogen and oxygen atoms in total. The molecule has 0 spiro atoms. The highest BCUT2D eigenvalue weighted by Crippen LogP contribution is 2.20. The minimum Gasteiger partial charge on any atom is -0.337 e. The van der Waals surface area contributed by atoms with Gasteiger partial charge in [-0.25, -0.2) is 4.98 Å². The summed E-state index contributed by atoms with van der Waals surface area (Å²) < 4.78 is 0. The predicted molar refractivity (Wildman–Crippen MR) is 74.3 cm³/mol. The van der Waals surface area contributed by atoms with Crippen LogP contribution in [0, 0.1) is 0 Å². The molecule has 0 aromatic carbocycles. The van der Waals surface area contributed by atoms with Gasteiger partial charge in [-0.05, 0) is 17.7 Å². The van der Waals surface area contributed by atoms with E-state index >= 15 is 0 Å². The number of rotatable bonds is 3. The Morgan fingerprint density at radius 3 is 2.79 bits per heavy atom. The smallest absolute Gasteiger partial charge is 0.255 e. The molecule has 2 heterocycles. The lowest BCUT2D eigenvalue weighted by atomic mass is 10.2. The molecular weight excluding hydrogens is 285 g/mol. The Morgan fingerprint density at radius 1 is 1.37 bits per heavy atom. The van der Waals surface area contributed by atoms with Crippen LogP contribution in [0.5, 0.6) is 0 Å². The molecule has 0 unspecified atom stereocenters. The van der Waals surface area contributed by atoms with Crippen molar-refractivity contribution >= 4 is 29.1 Å². The monoisotopic (exact) mass is 295 g/mol. The summed E-state index contributed by atoms with van der Waals surface area (Å²) in [6.45, 7) is 0.465. The molecule has 0 atom stereocenters. The summed E-state index contributed by atoms with van der Waals surface area (Å²) in [5.41, 5.74) is 1.35. The maximum atomic E-state index is 12.2. The van der Waals surface area contributed by atoms with Gasteiger partial charge in [0, 0.05) is 32.2 Å². The molecule has 0 aliphatic carbocycles. The highest BCUT2D eigenvalue weighted by Gasteiger charge is 2.14. The van der Waals surface area contributed by atoms with E-state index in [4.69, 9.17) is 23.2 Å². The van der Waals surface area contributed by atoms with Gasteiger partial charge in [-0.15, -0.1) is 0 Å². The lowest BCUT2D eigenvalue weighted by molar-refractivity contribution is 0.0784. The largest absolute Gasteiger partial charge is 0.337 e. The third kappa shape index (κ3) is 3.43. The van der Waals surface area contributed by atoms with E-state index < -0.39 is 0 Å². The fraction of sp³-hybridized carbons (Fsp3) is 0.154. The highest BCUT2D eigenvalue weighted by molar-refractivity contribution is 6.41. The maximum Gasteiger partial charge on any atom is 0.255 e. The van der Waals surface area contributed by atoms with Crippen LogP contribution < -0.4 is 0 Å². The van der Waals surface area contributed by atoms with E-state index in [1.807, 2.05) is 12.1 Å². The van der Waals surface area contributed by atoms with Gasteiger partial charge in [0.1, 0.15) is 5.15 Å². The Morgan fingerprint density at radius 2 is 2.16 bits per heavy atom. The zero-order valence-corrected chi connectivity index (χ0v) is 11.7. The summed E-state index contributed by atoms with van der Waals surface area (Å²) in [4.78, 5) is 21.6. The molecule has 6 heteroatoms. The second-order valence-corrected chi connectivity index (χ2v) is 4.78. The fourth-order valence-electron chi connectivity index (χ4n) is 1.60. The second-order valence-electron chi connectivity index (χ2n) is 4.02. The van der Waals surface area contributed by atoms with Gasteiger partial charge in [0.25, 0.3) is 5.91 Å². The second kappa shape index (κ2) is 5.99. The number of hydrogen-bond acceptors (Lipinski definition) is 3. The third-order valence-electron chi connectivity index (χ3n) is 2.53. The van der Waals surface area contributed by atoms with Gasteiger partial charge in [-0.3, -0.25) is 9.78 Å². The van der Waals surface area contributed by atoms with Crippen LogP contribution in [0.4, 0.5) is 0 Å². The van der Waals surface area contributed by atoms with Gasteiger partial charge < -0.3 is 4.90 Å². The topological polar surface area (TPSA) is 46.1 Å². The normalized spacial score (nSPS) is 10.3. The zero-order valence-electron chi connectivity index (χ0n) is 10.2. The van der Waals surface area contributed by atoms with Crippen molar-refractivity contribution in [3.63, 3.8) is 0 Å². The lowest BCUT2D eigenvalue weighted by Gasteiger charge is -2.17. The first-order chi connectivity index (χ1) is 9.08. The van der Waals surface area contributed by atoms with Crippen LogP contribution in [0.1, 0.15) is 15.9 Å². The predicted octanol–water partition coefficient (Wildman–Crippen LogP) is 3.06. The standard InChI is InChI=1S/C13H11Cl2N3O/c1-18(8-9-3-2-4-16-6-9)13(19)10-5-11(14)12(15)17-7-10/h2-7H,8H2,1H3. The van der Waals surface area contributed by atoms with Crippen molar-refractivity contribution in [2.24, 2.45) is 0 Å². The number of carbonyl (C=O) groups excluding carboxylic acids is 1. The molecule has 19 heavy (non-hydrogen) atoms. The fourth-order valence-corrected chi connectivity index (χ4v) is 1.87. The van der Waals surface area contributed by atoms with Crippen LogP contribution in [-0.4, -0.2) is 27.8 Å². The van der Waals surface area contributed by atoms with Gasteiger partial charge in [0.15, 0.2) is 0 Å². The van der Waals surface area contributed by atoms with E-state index in [0.717, 1.165) is 5.56 Å². The Balaban J connectivity index is 2.12. The number of carbonyl (C=O) groups is 1. The minimum atomic E-state index is -0.171. The van der Waals surface area contributed by atoms with Crippen LogP contribution in [0.25, 0.3) is 0 Å². The van der Waals surface area contributed by atoms with Gasteiger partial charge in [0.05, 0.1) is 10.6 Å². The Kier molecular flexibility index (Phi) is 4.35. The Hall–Kier alpha value is -1.65. The summed E-state index contributed by atoms with van der Waals surface area (Å²) in [5, 5.41) is 0.454. The molecular formula is C13H11Cl2N3O. The van der Waals surface area contributed by atoms with Crippen LogP contribution in [0.15, 0.2) is 36.8 Å². The molecule has 98 valence electrons. The number of amides is 1. The van der Waals surface area contributed by atoms with E-state index in [2.05, 4.69) is 9.97 Å². The number of aromatic nitrogens is 2. The van der Waals surface area contributed by atoms with Gasteiger partial charge in [0.2, 0.25) is 0 Å². The van der Waals surface area contributed by atoms with Crippen molar-refractivity contribution in [3.05, 3.63) is 58.1 Å². The first kappa shape index (κ1) is 13.8. The lowest BCUT2D eigenvalue weighted by Crippen LogP contribution is -2.26. The number of pyridine rings is 2. The minimum absolute atomic E-state index is 0.171. The average molecular weight is 296 g/mol. The molecule has 0 aliphatic rings. The van der Waals surface area contributed by atoms with Gasteiger partial charge in [-0.1, -0.05) is 29.3 Å². The van der Waals surface area contributed by atoms with Crippen LogP contribution in [0.2, 0.25) is 10.2 Å². The summed E-state index contributed by atoms with van der Waals surface area (Å²) >= 11 is 11.6. The first-order valence-electron chi connectivity index (χ1n) is 5.53. The van der Waals surface area contributed by atoms with Crippen LogP contribution in [-0.2, 0) is 6.54 Å². The molecule has 0 N–H and O–H groups in total. The van der Waals surface area contributed by atoms with Crippen molar-refractivity contribution < 1.29 is 4.79 Å². The van der Waals surface area contributed by atoms with Crippen molar-refractivity contribution in [2.45, 2.75) is 6.54 Å². The molecule has 0 saturated heterocycles. The summed E-state index contributed by atoms with van der Waals surface area (Å²) in [7, 11) is 1.71. The van der Waals surface area contributed by atoms with Crippen molar-refractivity contribution in [3.8, 4) is 0 Å². The maximum absolute atomic E-state index is 12.2. The van der Waals surface area contributed by atoms with Crippen LogP contribution in [0.3, 0.4) is 0 Å². The van der Waals surface area contributed by atoms with Crippen molar-refractivity contribution in [1.29, 1.82) is 0 Å². The number of hydrogen-bond donors (Lipinski definition) is 0. The van der Waals surface area contributed by atoms with E-state index in [9.17, 15) is 4.79 Å². The number of nitrogens with zero attached hydrogens (tertiary/aromatic N) is 3. The summed E-state index contributed by atoms with van der Waals surface area (Å²) in [5.74, 6) is -0.171. The molecule has 0 fully saturated rings. The van der Waals surface area contributed by atoms with Crippen molar-refractivity contribution in [1.82, 2.24) is 14.9 Å². The third-order valence-corrected chi connectivity index (χ3v) is 3.22. The molecule has 0 radical (unpaired) electrons. The average Bonchev–Trinajstić information content (AvgIpc) is 2.42. The first-order valence-corrected chi connectivity index (χ1v) is 6.29. The quantitative estimate of drug-likeness (QED) is 0.818. The van der Waals surface area contributed by atoms with Gasteiger partial charge in [-0.2, -0.15) is 0 Å². The molecule has 2 aromatic heterocycles. The van der Waals surface area contributed by atoms with E-state index in [-0.39, 0.29) is 16.1 Å². The van der Waals surface area contributed by atoms with Gasteiger partial charge >= 0.3 is 0 Å². The Bertz CT molecular complexity index is 590. The van der Waals surface area contributed by atoms with E-state index in [0.29, 0.717) is 12.1 Å². The highest BCUT2D eigenvalue weighted by atomic mass is 35.5. The van der Waals surface area contributed by atoms with Crippen molar-refractivity contribution in [2.75, 3.05) is 7.05 Å². The number of halogens is 2. The Labute approximate surface area is 121 Å². The van der Waals surface area contributed by atoms with E-state index in [1.165, 1.54) is 12.3 Å². The molecule has 2 rings (SSSR count). The van der Waals surface area contributed by atoms with E-state index in [1.54, 1.807) is 24.3 Å². The summed E-state index contributed by atoms with van der Waals surface area (Å²) in [6.07, 6.45) is 4.82. The molecule has 1 amide bonds. The molecule has 2 aromatic rings. The molecule has 0 saturated carbocycles. The SMILES string of the molecule is CN(Cc1cccnc1)C(=O)c1cnc(Cl)c(Cl)c1.